The van der Waals surface area contributed by atoms with Gasteiger partial charge in [-0.25, -0.2) is 9.97 Å². The van der Waals surface area contributed by atoms with E-state index in [2.05, 4.69) is 15.3 Å². The average molecular weight is 324 g/mol. The van der Waals surface area contributed by atoms with Gasteiger partial charge >= 0.3 is 0 Å². The Morgan fingerprint density at radius 3 is 2.42 bits per heavy atom. The van der Waals surface area contributed by atoms with E-state index in [1.54, 1.807) is 6.92 Å². The topological polar surface area (TPSA) is 98.0 Å². The minimum Gasteiger partial charge on any atom is -0.368 e. The van der Waals surface area contributed by atoms with E-state index in [4.69, 9.17) is 5.73 Å². The molecule has 0 unspecified atom stereocenters. The third kappa shape index (κ3) is 2.99. The number of carbonyl (C=O) groups excluding carboxylic acids is 2. The zero-order valence-electron chi connectivity index (χ0n) is 13.6. The molecule has 0 atom stereocenters. The van der Waals surface area contributed by atoms with Crippen molar-refractivity contribution >= 4 is 11.8 Å². The van der Waals surface area contributed by atoms with Crippen LogP contribution in [0, 0.1) is 6.92 Å². The molecule has 2 amide bonds. The Morgan fingerprint density at radius 2 is 1.83 bits per heavy atom. The lowest BCUT2D eigenvalue weighted by Crippen LogP contribution is -2.55. The molecule has 2 aromatic rings. The molecule has 1 saturated carbocycles. The number of nitrogens with one attached hydrogen (secondary N) is 1. The minimum absolute atomic E-state index is 0.354. The Morgan fingerprint density at radius 1 is 1.17 bits per heavy atom. The normalized spacial score (nSPS) is 15.9. The van der Waals surface area contributed by atoms with Crippen molar-refractivity contribution in [2.24, 2.45) is 5.73 Å². The second-order valence-corrected chi connectivity index (χ2v) is 6.17. The number of benzene rings is 1. The van der Waals surface area contributed by atoms with Gasteiger partial charge in [-0.3, -0.25) is 9.59 Å². The van der Waals surface area contributed by atoms with Crippen LogP contribution >= 0.6 is 0 Å². The molecule has 0 saturated heterocycles. The van der Waals surface area contributed by atoms with Gasteiger partial charge in [0.2, 0.25) is 5.91 Å². The van der Waals surface area contributed by atoms with Crippen LogP contribution < -0.4 is 11.1 Å². The Labute approximate surface area is 140 Å². The monoisotopic (exact) mass is 324 g/mol. The smallest absolute Gasteiger partial charge is 0.255 e. The summed E-state index contributed by atoms with van der Waals surface area (Å²) in [5.74, 6) is -0.268. The minimum atomic E-state index is -0.943. The van der Waals surface area contributed by atoms with Crippen LogP contribution in [0.5, 0.6) is 0 Å². The maximum atomic E-state index is 12.6. The molecule has 6 heteroatoms. The first-order valence-electron chi connectivity index (χ1n) is 8.03. The third-order valence-electron chi connectivity index (χ3n) is 4.54. The first-order valence-corrected chi connectivity index (χ1v) is 8.03. The maximum absolute atomic E-state index is 12.6. The lowest BCUT2D eigenvalue weighted by atomic mass is 9.96. The molecule has 1 aromatic heterocycles. The Balaban J connectivity index is 1.84. The number of primary amides is 1. The number of carbonyl (C=O) groups is 2. The second kappa shape index (κ2) is 6.39. The highest BCUT2D eigenvalue weighted by molar-refractivity contribution is 5.99. The number of amides is 2. The van der Waals surface area contributed by atoms with Crippen molar-refractivity contribution in [1.29, 1.82) is 0 Å². The van der Waals surface area contributed by atoms with Gasteiger partial charge in [0.1, 0.15) is 5.54 Å². The van der Waals surface area contributed by atoms with E-state index in [0.29, 0.717) is 29.9 Å². The van der Waals surface area contributed by atoms with Crippen LogP contribution in [0.4, 0.5) is 0 Å². The van der Waals surface area contributed by atoms with Crippen LogP contribution in [0.15, 0.2) is 36.5 Å². The Hall–Kier alpha value is -2.76. The number of aromatic nitrogens is 2. The molecule has 3 N–H and O–H groups in total. The fourth-order valence-electron chi connectivity index (χ4n) is 3.11. The summed E-state index contributed by atoms with van der Waals surface area (Å²) in [4.78, 5) is 33.1. The summed E-state index contributed by atoms with van der Waals surface area (Å²) >= 11 is 0. The van der Waals surface area contributed by atoms with E-state index in [-0.39, 0.29) is 5.91 Å². The molecule has 3 rings (SSSR count). The Kier molecular flexibility index (Phi) is 4.29. The van der Waals surface area contributed by atoms with Crippen molar-refractivity contribution < 1.29 is 9.59 Å². The summed E-state index contributed by atoms with van der Waals surface area (Å²) in [6, 6.07) is 9.56. The first-order chi connectivity index (χ1) is 11.5. The fourth-order valence-corrected chi connectivity index (χ4v) is 3.11. The summed E-state index contributed by atoms with van der Waals surface area (Å²) < 4.78 is 0. The number of hydrogen-bond acceptors (Lipinski definition) is 4. The molecule has 1 aliphatic rings. The van der Waals surface area contributed by atoms with E-state index in [1.165, 1.54) is 6.20 Å². The molecule has 0 aliphatic heterocycles. The van der Waals surface area contributed by atoms with Crippen molar-refractivity contribution in [1.82, 2.24) is 15.3 Å². The maximum Gasteiger partial charge on any atom is 0.255 e. The molecule has 0 radical (unpaired) electrons. The summed E-state index contributed by atoms with van der Waals surface area (Å²) in [7, 11) is 0. The summed E-state index contributed by atoms with van der Waals surface area (Å²) in [6.45, 7) is 1.76. The van der Waals surface area contributed by atoms with Gasteiger partial charge in [-0.05, 0) is 19.8 Å². The predicted octanol–water partition coefficient (Wildman–Crippen LogP) is 1.98. The average Bonchev–Trinajstić information content (AvgIpc) is 3.05. The number of hydrogen-bond donors (Lipinski definition) is 2. The fraction of sp³-hybridized carbons (Fsp3) is 0.333. The number of rotatable bonds is 4. The van der Waals surface area contributed by atoms with Gasteiger partial charge in [-0.1, -0.05) is 43.2 Å². The van der Waals surface area contributed by atoms with Crippen LogP contribution in [-0.4, -0.2) is 27.3 Å². The van der Waals surface area contributed by atoms with Crippen molar-refractivity contribution in [3.63, 3.8) is 0 Å². The quantitative estimate of drug-likeness (QED) is 0.898. The van der Waals surface area contributed by atoms with Crippen LogP contribution in [0.2, 0.25) is 0 Å². The van der Waals surface area contributed by atoms with Gasteiger partial charge in [0.15, 0.2) is 5.82 Å². The first kappa shape index (κ1) is 16.1. The van der Waals surface area contributed by atoms with E-state index >= 15 is 0 Å². The molecule has 0 spiro atoms. The standard InChI is InChI=1S/C18H20N4O2/c1-12-14(11-20-15(21-12)13-7-3-2-4-8-13)16(23)22-18(17(19)24)9-5-6-10-18/h2-4,7-8,11H,5-6,9-10H2,1H3,(H2,19,24)(H,22,23). The molecule has 0 bridgehead atoms. The highest BCUT2D eigenvalue weighted by Gasteiger charge is 2.41. The van der Waals surface area contributed by atoms with Gasteiger partial charge < -0.3 is 11.1 Å². The van der Waals surface area contributed by atoms with E-state index in [0.717, 1.165) is 18.4 Å². The van der Waals surface area contributed by atoms with Crippen LogP contribution in [-0.2, 0) is 4.79 Å². The molecule has 124 valence electrons. The summed E-state index contributed by atoms with van der Waals surface area (Å²) in [5, 5.41) is 2.81. The van der Waals surface area contributed by atoms with Crippen molar-refractivity contribution in [2.45, 2.75) is 38.1 Å². The van der Waals surface area contributed by atoms with Gasteiger partial charge in [-0.15, -0.1) is 0 Å². The summed E-state index contributed by atoms with van der Waals surface area (Å²) in [6.07, 6.45) is 4.42. The molecular weight excluding hydrogens is 304 g/mol. The van der Waals surface area contributed by atoms with Gasteiger partial charge in [-0.2, -0.15) is 0 Å². The van der Waals surface area contributed by atoms with Crippen molar-refractivity contribution in [2.75, 3.05) is 0 Å². The zero-order chi connectivity index (χ0) is 17.2. The SMILES string of the molecule is Cc1nc(-c2ccccc2)ncc1C(=O)NC1(C(N)=O)CCCC1. The highest BCUT2D eigenvalue weighted by atomic mass is 16.2. The molecule has 24 heavy (non-hydrogen) atoms. The lowest BCUT2D eigenvalue weighted by Gasteiger charge is -2.26. The van der Waals surface area contributed by atoms with Gasteiger partial charge in [0, 0.05) is 11.8 Å². The van der Waals surface area contributed by atoms with Gasteiger partial charge in [0.05, 0.1) is 11.3 Å². The molecule has 1 fully saturated rings. The number of nitrogens with two attached hydrogens (primary N) is 1. The lowest BCUT2D eigenvalue weighted by molar-refractivity contribution is -0.123. The van der Waals surface area contributed by atoms with E-state index < -0.39 is 11.4 Å². The molecule has 1 heterocycles. The number of nitrogens with zero attached hydrogens (tertiary/aromatic N) is 2. The van der Waals surface area contributed by atoms with E-state index in [9.17, 15) is 9.59 Å². The number of aryl methyl sites for hydroxylation is 1. The highest BCUT2D eigenvalue weighted by Crippen LogP contribution is 2.30. The van der Waals surface area contributed by atoms with Crippen molar-refractivity contribution in [3.8, 4) is 11.4 Å². The van der Waals surface area contributed by atoms with E-state index in [1.807, 2.05) is 30.3 Å². The molecule has 1 aliphatic carbocycles. The molecule has 6 nitrogen and oxygen atoms in total. The summed E-state index contributed by atoms with van der Waals surface area (Å²) in [5.41, 5.74) is 6.39. The molecule has 1 aromatic carbocycles. The molecular formula is C18H20N4O2. The third-order valence-corrected chi connectivity index (χ3v) is 4.54. The second-order valence-electron chi connectivity index (χ2n) is 6.17. The van der Waals surface area contributed by atoms with Crippen LogP contribution in [0.3, 0.4) is 0 Å². The zero-order valence-corrected chi connectivity index (χ0v) is 13.6. The van der Waals surface area contributed by atoms with Crippen molar-refractivity contribution in [3.05, 3.63) is 47.8 Å². The predicted molar refractivity (Wildman–Crippen MR) is 90.1 cm³/mol. The largest absolute Gasteiger partial charge is 0.368 e. The van der Waals surface area contributed by atoms with Crippen LogP contribution in [0.1, 0.15) is 41.7 Å². The van der Waals surface area contributed by atoms with Gasteiger partial charge in [0.25, 0.3) is 5.91 Å². The Bertz CT molecular complexity index is 768. The van der Waals surface area contributed by atoms with Crippen LogP contribution in [0.25, 0.3) is 11.4 Å².